The van der Waals surface area contributed by atoms with E-state index in [1.807, 2.05) is 48.7 Å². The molecule has 2 saturated heterocycles. The Morgan fingerprint density at radius 3 is 2.02 bits per heavy atom. The van der Waals surface area contributed by atoms with E-state index in [-0.39, 0.29) is 5.82 Å². The van der Waals surface area contributed by atoms with E-state index >= 15 is 0 Å². The van der Waals surface area contributed by atoms with Gasteiger partial charge in [0.1, 0.15) is 5.82 Å². The van der Waals surface area contributed by atoms with E-state index in [2.05, 4.69) is 45.3 Å². The molecule has 2 fully saturated rings. The van der Waals surface area contributed by atoms with Crippen LogP contribution in [0.25, 0.3) is 11.4 Å². The average molecular weight is 537 g/mol. The summed E-state index contributed by atoms with van der Waals surface area (Å²) in [7, 11) is 0. The van der Waals surface area contributed by atoms with Crippen molar-refractivity contribution in [1.82, 2.24) is 25.0 Å². The lowest BCUT2D eigenvalue weighted by atomic mass is 10.0. The van der Waals surface area contributed by atoms with Crippen LogP contribution >= 0.6 is 0 Å². The molecule has 0 radical (unpaired) electrons. The number of hydrogen-bond acceptors (Lipinski definition) is 6. The van der Waals surface area contributed by atoms with Crippen molar-refractivity contribution in [2.24, 2.45) is 0 Å². The lowest BCUT2D eigenvalue weighted by Crippen LogP contribution is -2.44. The number of pyridine rings is 1. The predicted molar refractivity (Wildman–Crippen MR) is 158 cm³/mol. The van der Waals surface area contributed by atoms with Crippen molar-refractivity contribution in [3.05, 3.63) is 114 Å². The Balaban J connectivity index is 1.05. The van der Waals surface area contributed by atoms with Gasteiger partial charge in [-0.2, -0.15) is 5.26 Å². The Kier molecular flexibility index (Phi) is 8.90. The maximum absolute atomic E-state index is 13.2. The summed E-state index contributed by atoms with van der Waals surface area (Å²) >= 11 is 0. The third-order valence-electron chi connectivity index (χ3n) is 7.93. The molecule has 7 heteroatoms. The van der Waals surface area contributed by atoms with Crippen molar-refractivity contribution in [3.8, 4) is 6.07 Å². The van der Waals surface area contributed by atoms with Crippen LogP contribution in [0.2, 0.25) is 0 Å². The molecule has 0 unspecified atom stereocenters. The average Bonchev–Trinajstić information content (AvgIpc) is 3.00. The van der Waals surface area contributed by atoms with Crippen LogP contribution in [-0.2, 0) is 13.1 Å². The van der Waals surface area contributed by atoms with Crippen LogP contribution in [0.15, 0.2) is 80.0 Å². The molecule has 2 aliphatic rings. The van der Waals surface area contributed by atoms with Crippen LogP contribution in [0.1, 0.15) is 40.8 Å². The zero-order valence-corrected chi connectivity index (χ0v) is 23.0. The molecule has 3 aromatic rings. The van der Waals surface area contributed by atoms with Crippen LogP contribution < -0.4 is 5.32 Å². The largest absolute Gasteiger partial charge is 0.381 e. The Morgan fingerprint density at radius 2 is 1.45 bits per heavy atom. The molecule has 2 aromatic carbocycles. The van der Waals surface area contributed by atoms with Crippen molar-refractivity contribution < 1.29 is 4.39 Å². The maximum atomic E-state index is 13.2. The first-order valence-electron chi connectivity index (χ1n) is 14.0. The van der Waals surface area contributed by atoms with Gasteiger partial charge in [-0.1, -0.05) is 37.4 Å². The minimum Gasteiger partial charge on any atom is -0.381 e. The molecule has 5 rings (SSSR count). The zero-order valence-electron chi connectivity index (χ0n) is 23.0. The Labute approximate surface area is 237 Å². The normalized spacial score (nSPS) is 16.9. The maximum Gasteiger partial charge on any atom is 0.123 e. The van der Waals surface area contributed by atoms with Crippen LogP contribution in [0, 0.1) is 17.1 Å². The van der Waals surface area contributed by atoms with Gasteiger partial charge in [0.25, 0.3) is 0 Å². The van der Waals surface area contributed by atoms with Gasteiger partial charge in [0, 0.05) is 75.9 Å². The van der Waals surface area contributed by atoms with E-state index in [0.717, 1.165) is 93.4 Å². The highest BCUT2D eigenvalue weighted by Gasteiger charge is 2.21. The van der Waals surface area contributed by atoms with Gasteiger partial charge in [-0.25, -0.2) is 4.39 Å². The van der Waals surface area contributed by atoms with Gasteiger partial charge in [0.2, 0.25) is 0 Å². The van der Waals surface area contributed by atoms with E-state index < -0.39 is 0 Å². The van der Waals surface area contributed by atoms with E-state index in [4.69, 9.17) is 10.2 Å². The van der Waals surface area contributed by atoms with Crippen LogP contribution in [0.3, 0.4) is 0 Å². The number of piperazine rings is 1. The number of likely N-dealkylation sites (tertiary alicyclic amines) is 1. The first kappa shape index (κ1) is 27.6. The van der Waals surface area contributed by atoms with Crippen LogP contribution in [0.4, 0.5) is 4.39 Å². The zero-order chi connectivity index (χ0) is 27.9. The third kappa shape index (κ3) is 7.15. The molecule has 0 aliphatic carbocycles. The molecule has 40 heavy (non-hydrogen) atoms. The van der Waals surface area contributed by atoms with E-state index in [1.54, 1.807) is 0 Å². The molecule has 2 aliphatic heterocycles. The van der Waals surface area contributed by atoms with Gasteiger partial charge in [-0.05, 0) is 60.4 Å². The number of nitrogens with zero attached hydrogens (tertiary/aromatic N) is 5. The molecule has 1 N–H and O–H groups in total. The van der Waals surface area contributed by atoms with E-state index in [1.165, 1.54) is 17.7 Å². The summed E-state index contributed by atoms with van der Waals surface area (Å²) in [6.07, 6.45) is 4.00. The smallest absolute Gasteiger partial charge is 0.123 e. The van der Waals surface area contributed by atoms with Crippen LogP contribution in [0.5, 0.6) is 0 Å². The number of aromatic nitrogens is 1. The number of nitriles is 1. The Hall–Kier alpha value is -3.99. The number of piperidine rings is 1. The number of rotatable bonds is 9. The fourth-order valence-corrected chi connectivity index (χ4v) is 5.45. The first-order chi connectivity index (χ1) is 19.5. The number of halogens is 1. The summed E-state index contributed by atoms with van der Waals surface area (Å²) in [6.45, 7) is 16.1. The molecule has 206 valence electrons. The van der Waals surface area contributed by atoms with Crippen molar-refractivity contribution >= 4 is 11.4 Å². The predicted octanol–water partition coefficient (Wildman–Crippen LogP) is 5.11. The van der Waals surface area contributed by atoms with Gasteiger partial charge in [0.15, 0.2) is 0 Å². The number of benzene rings is 2. The topological polar surface area (TPSA) is 58.4 Å². The minimum atomic E-state index is -0.193. The molecule has 1 aromatic heterocycles. The highest BCUT2D eigenvalue weighted by molar-refractivity contribution is 5.64. The summed E-state index contributed by atoms with van der Waals surface area (Å²) in [5.41, 5.74) is 6.82. The molecular formula is C33H37FN6. The third-order valence-corrected chi connectivity index (χ3v) is 7.93. The summed E-state index contributed by atoms with van der Waals surface area (Å²) < 4.78 is 13.2. The highest BCUT2D eigenvalue weighted by Crippen LogP contribution is 2.22. The molecule has 0 amide bonds. The second kappa shape index (κ2) is 12.9. The quantitative estimate of drug-likeness (QED) is 0.410. The van der Waals surface area contributed by atoms with E-state index in [0.29, 0.717) is 11.6 Å². The SMILES string of the molecule is C=C(NC1CCN(Cc2ccc(C#N)cc2)CC1)c1ccc(C(=C)N2CCN(Cc3ccc(F)cc3)CC2)cn1. The second-order valence-electron chi connectivity index (χ2n) is 10.8. The summed E-state index contributed by atoms with van der Waals surface area (Å²) in [5.74, 6) is -0.193. The van der Waals surface area contributed by atoms with Crippen molar-refractivity contribution in [1.29, 1.82) is 5.26 Å². The van der Waals surface area contributed by atoms with Crippen LogP contribution in [-0.4, -0.2) is 65.0 Å². The monoisotopic (exact) mass is 536 g/mol. The fraction of sp³-hybridized carbons (Fsp3) is 0.333. The molecule has 0 atom stereocenters. The Bertz CT molecular complexity index is 1330. The van der Waals surface area contributed by atoms with Crippen molar-refractivity contribution in [2.45, 2.75) is 32.0 Å². The first-order valence-corrected chi connectivity index (χ1v) is 14.0. The lowest BCUT2D eigenvalue weighted by Gasteiger charge is -2.37. The second-order valence-corrected chi connectivity index (χ2v) is 10.8. The van der Waals surface area contributed by atoms with E-state index in [9.17, 15) is 4.39 Å². The number of nitrogens with one attached hydrogen (secondary N) is 1. The van der Waals surface area contributed by atoms with Gasteiger partial charge in [-0.15, -0.1) is 0 Å². The number of hydrogen-bond donors (Lipinski definition) is 1. The van der Waals surface area contributed by atoms with Gasteiger partial charge in [-0.3, -0.25) is 14.8 Å². The Morgan fingerprint density at radius 1 is 0.850 bits per heavy atom. The molecule has 0 bridgehead atoms. The fourth-order valence-electron chi connectivity index (χ4n) is 5.45. The summed E-state index contributed by atoms with van der Waals surface area (Å²) in [5, 5.41) is 12.6. The molecule has 6 nitrogen and oxygen atoms in total. The van der Waals surface area contributed by atoms with Crippen molar-refractivity contribution in [2.75, 3.05) is 39.3 Å². The summed E-state index contributed by atoms with van der Waals surface area (Å²) in [4.78, 5) is 11.9. The molecule has 3 heterocycles. The standard InChI is InChI=1S/C33H37FN6/c1-25(37-32-13-15-38(16-14-32)23-28-5-3-27(21-35)4-6-28)33-12-9-30(22-36-33)26(2)40-19-17-39(18-20-40)24-29-7-10-31(34)11-8-29/h3-12,22,32,37H,1-2,13-20,23-24H2. The minimum absolute atomic E-state index is 0.193. The molecule has 0 saturated carbocycles. The summed E-state index contributed by atoms with van der Waals surface area (Å²) in [6, 6.07) is 21.3. The lowest BCUT2D eigenvalue weighted by molar-refractivity contribution is 0.169. The van der Waals surface area contributed by atoms with Gasteiger partial charge in [0.05, 0.1) is 23.0 Å². The van der Waals surface area contributed by atoms with Gasteiger partial charge >= 0.3 is 0 Å². The molecule has 0 spiro atoms. The van der Waals surface area contributed by atoms with Gasteiger partial charge < -0.3 is 10.2 Å². The highest BCUT2D eigenvalue weighted by atomic mass is 19.1. The molecular weight excluding hydrogens is 499 g/mol. The van der Waals surface area contributed by atoms with Crippen molar-refractivity contribution in [3.63, 3.8) is 0 Å².